The fourth-order valence-corrected chi connectivity index (χ4v) is 1.94. The number of nitrogens with zero attached hydrogens (tertiary/aromatic N) is 1. The van der Waals surface area contributed by atoms with Gasteiger partial charge in [0, 0.05) is 11.9 Å². The minimum Gasteiger partial charge on any atom is -0.462 e. The van der Waals surface area contributed by atoms with E-state index >= 15 is 0 Å². The Morgan fingerprint density at radius 3 is 2.62 bits per heavy atom. The lowest BCUT2D eigenvalue weighted by Crippen LogP contribution is -2.09. The van der Waals surface area contributed by atoms with Crippen LogP contribution in [0.25, 0.3) is 0 Å². The van der Waals surface area contributed by atoms with E-state index in [1.54, 1.807) is 18.3 Å². The maximum atomic E-state index is 11.7. The maximum Gasteiger partial charge on any atom is 0.338 e. The third-order valence-corrected chi connectivity index (χ3v) is 3.07. The number of aromatic nitrogens is 1. The van der Waals surface area contributed by atoms with Crippen LogP contribution in [-0.2, 0) is 4.74 Å². The van der Waals surface area contributed by atoms with Crippen molar-refractivity contribution in [2.24, 2.45) is 0 Å². The smallest absolute Gasteiger partial charge is 0.338 e. The van der Waals surface area contributed by atoms with Crippen LogP contribution in [0.4, 0.5) is 5.69 Å². The van der Waals surface area contributed by atoms with E-state index in [-0.39, 0.29) is 12.0 Å². The molecule has 0 fully saturated rings. The molecular weight excluding hydrogens is 264 g/mol. The molecule has 21 heavy (non-hydrogen) atoms. The monoisotopic (exact) mass is 284 g/mol. The third kappa shape index (κ3) is 4.31. The summed E-state index contributed by atoms with van der Waals surface area (Å²) < 4.78 is 5.10. The lowest BCUT2D eigenvalue weighted by molar-refractivity contribution is 0.0505. The molecule has 0 spiro atoms. The molecule has 0 radical (unpaired) electrons. The Labute approximate surface area is 125 Å². The van der Waals surface area contributed by atoms with Gasteiger partial charge in [0.2, 0.25) is 0 Å². The molecule has 0 aliphatic carbocycles. The molecule has 4 heteroatoms. The van der Waals surface area contributed by atoms with E-state index in [0.29, 0.717) is 12.2 Å². The van der Waals surface area contributed by atoms with Crippen LogP contribution in [-0.4, -0.2) is 17.6 Å². The minimum atomic E-state index is -0.277. The molecule has 2 rings (SSSR count). The molecule has 0 bridgehead atoms. The number of pyridine rings is 1. The highest BCUT2D eigenvalue weighted by Crippen LogP contribution is 2.18. The molecule has 0 saturated carbocycles. The highest BCUT2D eigenvalue weighted by atomic mass is 16.5. The first-order chi connectivity index (χ1) is 10.2. The number of hydrogen-bond donors (Lipinski definition) is 1. The molecule has 1 aromatic carbocycles. The average Bonchev–Trinajstić information content (AvgIpc) is 2.54. The van der Waals surface area contributed by atoms with Crippen molar-refractivity contribution in [2.75, 3.05) is 11.9 Å². The summed E-state index contributed by atoms with van der Waals surface area (Å²) in [6, 6.07) is 13.2. The van der Waals surface area contributed by atoms with Gasteiger partial charge < -0.3 is 10.1 Å². The van der Waals surface area contributed by atoms with E-state index in [1.807, 2.05) is 44.2 Å². The van der Waals surface area contributed by atoms with Crippen molar-refractivity contribution in [3.05, 3.63) is 59.9 Å². The maximum absolute atomic E-state index is 11.7. The van der Waals surface area contributed by atoms with Gasteiger partial charge in [0.1, 0.15) is 0 Å². The van der Waals surface area contributed by atoms with Crippen LogP contribution in [0.15, 0.2) is 48.7 Å². The first-order valence-corrected chi connectivity index (χ1v) is 7.15. The molecule has 1 heterocycles. The van der Waals surface area contributed by atoms with Gasteiger partial charge in [-0.15, -0.1) is 0 Å². The van der Waals surface area contributed by atoms with Crippen molar-refractivity contribution >= 4 is 11.7 Å². The second-order valence-electron chi connectivity index (χ2n) is 4.83. The highest BCUT2D eigenvalue weighted by molar-refractivity contribution is 5.89. The highest BCUT2D eigenvalue weighted by Gasteiger charge is 2.08. The zero-order valence-corrected chi connectivity index (χ0v) is 12.4. The second-order valence-corrected chi connectivity index (χ2v) is 4.83. The van der Waals surface area contributed by atoms with Crippen molar-refractivity contribution in [3.8, 4) is 0 Å². The Morgan fingerprint density at radius 1 is 1.24 bits per heavy atom. The zero-order chi connectivity index (χ0) is 15.1. The summed E-state index contributed by atoms with van der Waals surface area (Å²) in [7, 11) is 0. The Balaban J connectivity index is 1.98. The summed E-state index contributed by atoms with van der Waals surface area (Å²) in [5, 5.41) is 3.35. The molecule has 2 aromatic rings. The lowest BCUT2D eigenvalue weighted by atomic mass is 10.1. The topological polar surface area (TPSA) is 51.2 Å². The number of esters is 1. The van der Waals surface area contributed by atoms with Gasteiger partial charge in [0.05, 0.1) is 23.9 Å². The van der Waals surface area contributed by atoms with E-state index in [4.69, 9.17) is 4.74 Å². The number of hydrogen-bond acceptors (Lipinski definition) is 4. The van der Waals surface area contributed by atoms with Crippen LogP contribution in [0.3, 0.4) is 0 Å². The van der Waals surface area contributed by atoms with E-state index in [2.05, 4.69) is 10.3 Å². The van der Waals surface area contributed by atoms with E-state index in [9.17, 15) is 4.79 Å². The summed E-state index contributed by atoms with van der Waals surface area (Å²) in [5.41, 5.74) is 2.49. The number of carbonyl (C=O) groups is 1. The van der Waals surface area contributed by atoms with Crippen LogP contribution < -0.4 is 5.32 Å². The number of rotatable bonds is 6. The van der Waals surface area contributed by atoms with Gasteiger partial charge in [-0.25, -0.2) is 4.79 Å². The van der Waals surface area contributed by atoms with Crippen LogP contribution in [0.1, 0.15) is 42.4 Å². The van der Waals surface area contributed by atoms with Crippen molar-refractivity contribution in [3.63, 3.8) is 0 Å². The first-order valence-electron chi connectivity index (χ1n) is 7.15. The molecule has 1 unspecified atom stereocenters. The van der Waals surface area contributed by atoms with E-state index in [1.165, 1.54) is 0 Å². The predicted molar refractivity (Wildman–Crippen MR) is 83.3 cm³/mol. The van der Waals surface area contributed by atoms with E-state index in [0.717, 1.165) is 17.8 Å². The fraction of sp³-hybridized carbons (Fsp3) is 0.294. The van der Waals surface area contributed by atoms with Crippen molar-refractivity contribution in [2.45, 2.75) is 26.3 Å². The van der Waals surface area contributed by atoms with Gasteiger partial charge in [-0.05, 0) is 49.7 Å². The molecule has 110 valence electrons. The Bertz CT molecular complexity index is 567. The SMILES string of the molecule is CCCOC(=O)c1ccc(NC(C)c2ccccn2)cc1. The van der Waals surface area contributed by atoms with E-state index < -0.39 is 0 Å². The molecule has 0 saturated heterocycles. The Hall–Kier alpha value is -2.36. The van der Waals surface area contributed by atoms with Gasteiger partial charge in [-0.1, -0.05) is 13.0 Å². The molecule has 4 nitrogen and oxygen atoms in total. The quantitative estimate of drug-likeness (QED) is 0.819. The number of benzene rings is 1. The van der Waals surface area contributed by atoms with Crippen LogP contribution in [0.2, 0.25) is 0 Å². The summed E-state index contributed by atoms with van der Waals surface area (Å²) in [6.07, 6.45) is 2.60. The molecular formula is C17H20N2O2. The molecule has 0 aliphatic heterocycles. The van der Waals surface area contributed by atoms with Crippen molar-refractivity contribution < 1.29 is 9.53 Å². The van der Waals surface area contributed by atoms with Crippen molar-refractivity contribution in [1.82, 2.24) is 4.98 Å². The predicted octanol–water partition coefficient (Wildman–Crippen LogP) is 3.82. The summed E-state index contributed by atoms with van der Waals surface area (Å²) in [5.74, 6) is -0.277. The summed E-state index contributed by atoms with van der Waals surface area (Å²) >= 11 is 0. The van der Waals surface area contributed by atoms with Gasteiger partial charge in [0.15, 0.2) is 0 Å². The molecule has 1 aromatic heterocycles. The summed E-state index contributed by atoms with van der Waals surface area (Å²) in [4.78, 5) is 16.0. The fourth-order valence-electron chi connectivity index (χ4n) is 1.94. The zero-order valence-electron chi connectivity index (χ0n) is 12.4. The number of nitrogens with one attached hydrogen (secondary N) is 1. The average molecular weight is 284 g/mol. The number of anilines is 1. The Kier molecular flexibility index (Phi) is 5.32. The molecule has 1 N–H and O–H groups in total. The number of ether oxygens (including phenoxy) is 1. The number of carbonyl (C=O) groups excluding carboxylic acids is 1. The van der Waals surface area contributed by atoms with Crippen LogP contribution >= 0.6 is 0 Å². The van der Waals surface area contributed by atoms with Crippen LogP contribution in [0, 0.1) is 0 Å². The van der Waals surface area contributed by atoms with Gasteiger partial charge in [-0.3, -0.25) is 4.98 Å². The third-order valence-electron chi connectivity index (χ3n) is 3.07. The lowest BCUT2D eigenvalue weighted by Gasteiger charge is -2.14. The largest absolute Gasteiger partial charge is 0.462 e. The van der Waals surface area contributed by atoms with Crippen molar-refractivity contribution in [1.29, 1.82) is 0 Å². The summed E-state index contributed by atoms with van der Waals surface area (Å²) in [6.45, 7) is 4.47. The van der Waals surface area contributed by atoms with Gasteiger partial charge >= 0.3 is 5.97 Å². The standard InChI is InChI=1S/C17H20N2O2/c1-3-12-21-17(20)14-7-9-15(10-8-14)19-13(2)16-6-4-5-11-18-16/h4-11,13,19H,3,12H2,1-2H3. The van der Waals surface area contributed by atoms with Gasteiger partial charge in [0.25, 0.3) is 0 Å². The minimum absolute atomic E-state index is 0.101. The van der Waals surface area contributed by atoms with Gasteiger partial charge in [-0.2, -0.15) is 0 Å². The molecule has 0 aliphatic rings. The van der Waals surface area contributed by atoms with Crippen LogP contribution in [0.5, 0.6) is 0 Å². The normalized spacial score (nSPS) is 11.7. The Morgan fingerprint density at radius 2 is 2.00 bits per heavy atom. The second kappa shape index (κ2) is 7.43. The molecule has 1 atom stereocenters. The molecule has 0 amide bonds. The first kappa shape index (κ1) is 15.0.